The van der Waals surface area contributed by atoms with E-state index in [1.54, 1.807) is 11.9 Å². The van der Waals surface area contributed by atoms with Crippen molar-refractivity contribution in [2.45, 2.75) is 65.0 Å². The molecule has 1 unspecified atom stereocenters. The van der Waals surface area contributed by atoms with Crippen molar-refractivity contribution in [2.24, 2.45) is 5.41 Å². The van der Waals surface area contributed by atoms with E-state index >= 15 is 0 Å². The van der Waals surface area contributed by atoms with Gasteiger partial charge in [0.2, 0.25) is 0 Å². The molecule has 110 valence electrons. The van der Waals surface area contributed by atoms with Crippen molar-refractivity contribution < 1.29 is 14.7 Å². The number of rotatable bonds is 3. The summed E-state index contributed by atoms with van der Waals surface area (Å²) in [6.45, 7) is 8.15. The number of nitrogens with one attached hydrogen (secondary N) is 1. The van der Waals surface area contributed by atoms with E-state index in [0.717, 1.165) is 12.8 Å². The van der Waals surface area contributed by atoms with Crippen LogP contribution in [0.15, 0.2) is 0 Å². The van der Waals surface area contributed by atoms with Gasteiger partial charge in [0.25, 0.3) is 0 Å². The minimum atomic E-state index is -1.07. The maximum atomic E-state index is 12.2. The summed E-state index contributed by atoms with van der Waals surface area (Å²) in [5, 5.41) is 12.1. The summed E-state index contributed by atoms with van der Waals surface area (Å²) in [7, 11) is 1.72. The molecule has 0 aromatic heterocycles. The number of urea groups is 1. The van der Waals surface area contributed by atoms with Crippen LogP contribution in [0.4, 0.5) is 4.79 Å². The molecule has 1 aliphatic rings. The van der Waals surface area contributed by atoms with Gasteiger partial charge >= 0.3 is 12.0 Å². The molecule has 0 bridgehead atoms. The van der Waals surface area contributed by atoms with E-state index in [0.29, 0.717) is 12.8 Å². The second-order valence-corrected chi connectivity index (χ2v) is 6.68. The first-order valence-corrected chi connectivity index (χ1v) is 6.88. The fraction of sp³-hybridized carbons (Fsp3) is 0.857. The third-order valence-electron chi connectivity index (χ3n) is 4.37. The van der Waals surface area contributed by atoms with Crippen molar-refractivity contribution in [3.63, 3.8) is 0 Å². The normalized spacial score (nSPS) is 19.8. The van der Waals surface area contributed by atoms with E-state index in [1.807, 2.05) is 6.92 Å². The van der Waals surface area contributed by atoms with Crippen LogP contribution in [0.3, 0.4) is 0 Å². The van der Waals surface area contributed by atoms with Gasteiger partial charge in [0.15, 0.2) is 0 Å². The minimum absolute atomic E-state index is 0.0275. The van der Waals surface area contributed by atoms with Crippen LogP contribution in [0.5, 0.6) is 0 Å². The lowest BCUT2D eigenvalue weighted by atomic mass is 9.87. The first-order valence-electron chi connectivity index (χ1n) is 6.88. The standard InChI is InChI=1S/C14H26N2O3/c1-10(13(2,3)4)16(5)12(19)15-14(11(17)18)8-6-7-9-14/h10H,6-9H2,1-5H3,(H,15,19)(H,17,18). The number of carboxylic acid groups (broad SMARTS) is 1. The Morgan fingerprint density at radius 1 is 1.26 bits per heavy atom. The molecule has 0 aromatic rings. The number of aliphatic carboxylic acids is 1. The molecule has 0 saturated heterocycles. The first kappa shape index (κ1) is 15.8. The highest BCUT2D eigenvalue weighted by Crippen LogP contribution is 2.30. The quantitative estimate of drug-likeness (QED) is 0.827. The van der Waals surface area contributed by atoms with Crippen LogP contribution < -0.4 is 5.32 Å². The number of hydrogen-bond acceptors (Lipinski definition) is 2. The number of hydrogen-bond donors (Lipinski definition) is 2. The summed E-state index contributed by atoms with van der Waals surface area (Å²) in [6, 6.07) is -0.272. The number of carbonyl (C=O) groups excluding carboxylic acids is 1. The van der Waals surface area contributed by atoms with Crippen LogP contribution in [0.2, 0.25) is 0 Å². The van der Waals surface area contributed by atoms with Crippen molar-refractivity contribution in [2.75, 3.05) is 7.05 Å². The van der Waals surface area contributed by atoms with Crippen LogP contribution in [-0.4, -0.2) is 40.6 Å². The monoisotopic (exact) mass is 270 g/mol. The molecule has 1 saturated carbocycles. The molecular formula is C14H26N2O3. The molecule has 2 N–H and O–H groups in total. The van der Waals surface area contributed by atoms with Crippen LogP contribution >= 0.6 is 0 Å². The van der Waals surface area contributed by atoms with Gasteiger partial charge in [0.1, 0.15) is 5.54 Å². The number of nitrogens with zero attached hydrogens (tertiary/aromatic N) is 1. The molecule has 0 spiro atoms. The highest BCUT2D eigenvalue weighted by atomic mass is 16.4. The molecule has 2 amide bonds. The molecule has 0 heterocycles. The lowest BCUT2D eigenvalue weighted by Gasteiger charge is -2.37. The zero-order valence-corrected chi connectivity index (χ0v) is 12.6. The highest BCUT2D eigenvalue weighted by Gasteiger charge is 2.43. The van der Waals surface area contributed by atoms with E-state index in [9.17, 15) is 14.7 Å². The zero-order valence-electron chi connectivity index (χ0n) is 12.6. The van der Waals surface area contributed by atoms with Gasteiger partial charge in [-0.2, -0.15) is 0 Å². The lowest BCUT2D eigenvalue weighted by molar-refractivity contribution is -0.144. The number of carboxylic acids is 1. The van der Waals surface area contributed by atoms with Gasteiger partial charge < -0.3 is 15.3 Å². The van der Waals surface area contributed by atoms with Crippen molar-refractivity contribution in [1.29, 1.82) is 0 Å². The zero-order chi connectivity index (χ0) is 14.8. The Hall–Kier alpha value is -1.26. The summed E-state index contributed by atoms with van der Waals surface area (Å²) in [5.74, 6) is -0.921. The average molecular weight is 270 g/mol. The highest BCUT2D eigenvalue weighted by molar-refractivity contribution is 5.86. The predicted molar refractivity (Wildman–Crippen MR) is 74.0 cm³/mol. The second-order valence-electron chi connectivity index (χ2n) is 6.68. The molecule has 5 nitrogen and oxygen atoms in total. The summed E-state index contributed by atoms with van der Waals surface area (Å²) in [6.07, 6.45) is 2.74. The SMILES string of the molecule is CC(N(C)C(=O)NC1(C(=O)O)CCCC1)C(C)(C)C. The molecule has 1 atom stereocenters. The van der Waals surface area contributed by atoms with E-state index in [4.69, 9.17) is 0 Å². The van der Waals surface area contributed by atoms with Crippen molar-refractivity contribution in [3.05, 3.63) is 0 Å². The van der Waals surface area contributed by atoms with Crippen molar-refractivity contribution in [3.8, 4) is 0 Å². The Balaban J connectivity index is 2.76. The maximum absolute atomic E-state index is 12.2. The second kappa shape index (κ2) is 5.39. The van der Waals surface area contributed by atoms with Gasteiger partial charge in [0.05, 0.1) is 0 Å². The number of amides is 2. The fourth-order valence-electron chi connectivity index (χ4n) is 2.42. The fourth-order valence-corrected chi connectivity index (χ4v) is 2.42. The van der Waals surface area contributed by atoms with E-state index < -0.39 is 11.5 Å². The molecule has 0 radical (unpaired) electrons. The topological polar surface area (TPSA) is 69.6 Å². The molecular weight excluding hydrogens is 244 g/mol. The Labute approximate surface area is 115 Å². The Kier molecular flexibility index (Phi) is 4.48. The minimum Gasteiger partial charge on any atom is -0.480 e. The van der Waals surface area contributed by atoms with Crippen LogP contribution in [-0.2, 0) is 4.79 Å². The van der Waals surface area contributed by atoms with Gasteiger partial charge in [-0.15, -0.1) is 0 Å². The molecule has 1 rings (SSSR count). The van der Waals surface area contributed by atoms with E-state index in [-0.39, 0.29) is 17.5 Å². The Morgan fingerprint density at radius 2 is 1.74 bits per heavy atom. The molecule has 0 aliphatic heterocycles. The summed E-state index contributed by atoms with van der Waals surface area (Å²) in [4.78, 5) is 25.3. The van der Waals surface area contributed by atoms with Crippen LogP contribution in [0.1, 0.15) is 53.4 Å². The third-order valence-corrected chi connectivity index (χ3v) is 4.37. The lowest BCUT2D eigenvalue weighted by Crippen LogP contribution is -2.58. The molecule has 1 aliphatic carbocycles. The first-order chi connectivity index (χ1) is 8.60. The molecule has 19 heavy (non-hydrogen) atoms. The van der Waals surface area contributed by atoms with Crippen molar-refractivity contribution >= 4 is 12.0 Å². The Bertz CT molecular complexity index is 354. The largest absolute Gasteiger partial charge is 0.480 e. The maximum Gasteiger partial charge on any atom is 0.329 e. The summed E-state index contributed by atoms with van der Waals surface area (Å²) in [5.41, 5.74) is -1.11. The van der Waals surface area contributed by atoms with Crippen LogP contribution in [0, 0.1) is 5.41 Å². The number of carbonyl (C=O) groups is 2. The predicted octanol–water partition coefficient (Wildman–Crippen LogP) is 2.46. The van der Waals surface area contributed by atoms with E-state index in [1.165, 1.54) is 0 Å². The van der Waals surface area contributed by atoms with E-state index in [2.05, 4.69) is 26.1 Å². The van der Waals surface area contributed by atoms with Crippen LogP contribution in [0.25, 0.3) is 0 Å². The molecule has 0 aromatic carbocycles. The van der Waals surface area contributed by atoms with Gasteiger partial charge in [-0.05, 0) is 25.2 Å². The Morgan fingerprint density at radius 3 is 2.11 bits per heavy atom. The molecule has 1 fully saturated rings. The smallest absolute Gasteiger partial charge is 0.329 e. The summed E-state index contributed by atoms with van der Waals surface area (Å²) >= 11 is 0. The van der Waals surface area contributed by atoms with Gasteiger partial charge in [-0.3, -0.25) is 0 Å². The molecule has 5 heteroatoms. The third kappa shape index (κ3) is 3.39. The summed E-state index contributed by atoms with van der Waals surface area (Å²) < 4.78 is 0. The van der Waals surface area contributed by atoms with Gasteiger partial charge in [-0.1, -0.05) is 33.6 Å². The van der Waals surface area contributed by atoms with Gasteiger partial charge in [0, 0.05) is 13.1 Å². The van der Waals surface area contributed by atoms with Gasteiger partial charge in [-0.25, -0.2) is 9.59 Å². The van der Waals surface area contributed by atoms with Crippen molar-refractivity contribution in [1.82, 2.24) is 10.2 Å². The average Bonchev–Trinajstić information content (AvgIpc) is 2.75.